The summed E-state index contributed by atoms with van der Waals surface area (Å²) in [6.07, 6.45) is 3.39. The van der Waals surface area contributed by atoms with E-state index >= 15 is 0 Å². The summed E-state index contributed by atoms with van der Waals surface area (Å²) in [5.74, 6) is 0.907. The van der Waals surface area contributed by atoms with Crippen LogP contribution >= 0.6 is 15.9 Å². The molecule has 3 aromatic rings. The zero-order valence-electron chi connectivity index (χ0n) is 15.0. The molecule has 1 aliphatic rings. The fraction of sp³-hybridized carbons (Fsp3) is 0.333. The second kappa shape index (κ2) is 7.61. The zero-order valence-corrected chi connectivity index (χ0v) is 16.6. The van der Waals surface area contributed by atoms with E-state index in [4.69, 9.17) is 0 Å². The number of aryl methyl sites for hydroxylation is 1. The molecular weight excluding hydrogens is 410 g/mol. The van der Waals surface area contributed by atoms with Crippen LogP contribution in [0.1, 0.15) is 0 Å². The highest BCUT2D eigenvalue weighted by atomic mass is 79.9. The standard InChI is InChI=1S/C18H20BrN7O/c1-24-17-15(10-22-24)18(21-12-20-17)26-7-5-25(6-8-26)11-16(27)23-14-4-2-3-13(19)9-14/h2-4,9-10,12H,5-8,11H2,1H3,(H,23,27). The van der Waals surface area contributed by atoms with Gasteiger partial charge in [-0.15, -0.1) is 0 Å². The van der Waals surface area contributed by atoms with Crippen LogP contribution in [0, 0.1) is 0 Å². The van der Waals surface area contributed by atoms with E-state index < -0.39 is 0 Å². The highest BCUT2D eigenvalue weighted by Crippen LogP contribution is 2.23. The van der Waals surface area contributed by atoms with Crippen LogP contribution in [0.2, 0.25) is 0 Å². The lowest BCUT2D eigenvalue weighted by Crippen LogP contribution is -2.49. The highest BCUT2D eigenvalue weighted by Gasteiger charge is 2.22. The Labute approximate surface area is 165 Å². The van der Waals surface area contributed by atoms with Crippen LogP contribution in [0.15, 0.2) is 41.3 Å². The molecule has 0 bridgehead atoms. The van der Waals surface area contributed by atoms with E-state index in [1.54, 1.807) is 11.0 Å². The number of anilines is 2. The van der Waals surface area contributed by atoms with Crippen LogP contribution in [-0.2, 0) is 11.8 Å². The summed E-state index contributed by atoms with van der Waals surface area (Å²) in [5, 5.41) is 8.18. The van der Waals surface area contributed by atoms with Crippen molar-refractivity contribution in [2.75, 3.05) is 42.9 Å². The van der Waals surface area contributed by atoms with Gasteiger partial charge in [0.2, 0.25) is 5.91 Å². The van der Waals surface area contributed by atoms with Gasteiger partial charge in [0.15, 0.2) is 5.65 Å². The smallest absolute Gasteiger partial charge is 0.238 e. The maximum atomic E-state index is 12.3. The van der Waals surface area contributed by atoms with Crippen LogP contribution in [0.3, 0.4) is 0 Å². The van der Waals surface area contributed by atoms with Crippen molar-refractivity contribution in [2.45, 2.75) is 0 Å². The third-order valence-corrected chi connectivity index (χ3v) is 5.15. The molecule has 1 N–H and O–H groups in total. The molecule has 1 aromatic carbocycles. The average Bonchev–Trinajstić information content (AvgIpc) is 3.04. The first-order valence-corrected chi connectivity index (χ1v) is 9.55. The van der Waals surface area contributed by atoms with Gasteiger partial charge >= 0.3 is 0 Å². The first-order valence-electron chi connectivity index (χ1n) is 8.75. The molecule has 0 atom stereocenters. The van der Waals surface area contributed by atoms with Crippen LogP contribution < -0.4 is 10.2 Å². The molecule has 140 valence electrons. The number of amides is 1. The first-order chi connectivity index (χ1) is 13.1. The normalized spacial score (nSPS) is 15.3. The van der Waals surface area contributed by atoms with Crippen LogP contribution in [0.4, 0.5) is 11.5 Å². The minimum atomic E-state index is -0.00163. The lowest BCUT2D eigenvalue weighted by molar-refractivity contribution is -0.117. The second-order valence-corrected chi connectivity index (χ2v) is 7.44. The maximum absolute atomic E-state index is 12.3. The van der Waals surface area contributed by atoms with Crippen molar-refractivity contribution in [1.29, 1.82) is 0 Å². The number of carbonyl (C=O) groups is 1. The molecule has 0 radical (unpaired) electrons. The molecule has 1 amide bonds. The summed E-state index contributed by atoms with van der Waals surface area (Å²) in [7, 11) is 1.88. The summed E-state index contributed by atoms with van der Waals surface area (Å²) < 4.78 is 2.70. The van der Waals surface area contributed by atoms with Gasteiger partial charge in [-0.05, 0) is 18.2 Å². The molecular formula is C18H20BrN7O. The monoisotopic (exact) mass is 429 g/mol. The van der Waals surface area contributed by atoms with Gasteiger partial charge in [0.25, 0.3) is 0 Å². The van der Waals surface area contributed by atoms with E-state index in [0.717, 1.165) is 53.2 Å². The summed E-state index contributed by atoms with van der Waals surface area (Å²) in [4.78, 5) is 25.4. The van der Waals surface area contributed by atoms with E-state index in [1.807, 2.05) is 37.5 Å². The van der Waals surface area contributed by atoms with Crippen molar-refractivity contribution < 1.29 is 4.79 Å². The molecule has 2 aromatic heterocycles. The van der Waals surface area contributed by atoms with Gasteiger partial charge in [0.1, 0.15) is 12.1 Å². The van der Waals surface area contributed by atoms with Crippen molar-refractivity contribution in [3.05, 3.63) is 41.3 Å². The summed E-state index contributed by atoms with van der Waals surface area (Å²) in [6.45, 7) is 3.61. The van der Waals surface area contributed by atoms with E-state index in [2.05, 4.69) is 46.1 Å². The van der Waals surface area contributed by atoms with Crippen molar-refractivity contribution in [3.8, 4) is 0 Å². The summed E-state index contributed by atoms with van der Waals surface area (Å²) in [5.41, 5.74) is 1.63. The van der Waals surface area contributed by atoms with Gasteiger partial charge in [-0.25, -0.2) is 9.97 Å². The summed E-state index contributed by atoms with van der Waals surface area (Å²) in [6, 6.07) is 7.61. The Hall–Kier alpha value is -2.52. The fourth-order valence-electron chi connectivity index (χ4n) is 3.29. The molecule has 0 saturated carbocycles. The number of hydrogen-bond donors (Lipinski definition) is 1. The molecule has 0 unspecified atom stereocenters. The fourth-order valence-corrected chi connectivity index (χ4v) is 3.69. The maximum Gasteiger partial charge on any atom is 0.238 e. The first kappa shape index (κ1) is 17.9. The number of rotatable bonds is 4. The Kier molecular flexibility index (Phi) is 5.04. The molecule has 8 nitrogen and oxygen atoms in total. The third-order valence-electron chi connectivity index (χ3n) is 4.66. The molecule has 3 heterocycles. The number of benzene rings is 1. The highest BCUT2D eigenvalue weighted by molar-refractivity contribution is 9.10. The molecule has 1 saturated heterocycles. The molecule has 4 rings (SSSR count). The average molecular weight is 430 g/mol. The number of nitrogens with one attached hydrogen (secondary N) is 1. The molecule has 0 spiro atoms. The second-order valence-electron chi connectivity index (χ2n) is 6.52. The van der Waals surface area contributed by atoms with Gasteiger partial charge in [-0.2, -0.15) is 5.10 Å². The number of hydrogen-bond acceptors (Lipinski definition) is 6. The Morgan fingerprint density at radius 1 is 1.22 bits per heavy atom. The van der Waals surface area contributed by atoms with Crippen LogP contribution in [-0.4, -0.2) is 63.3 Å². The third kappa shape index (κ3) is 3.93. The van der Waals surface area contributed by atoms with Gasteiger partial charge in [-0.1, -0.05) is 22.0 Å². The Morgan fingerprint density at radius 2 is 2.04 bits per heavy atom. The van der Waals surface area contributed by atoms with Gasteiger partial charge in [0.05, 0.1) is 18.1 Å². The largest absolute Gasteiger partial charge is 0.353 e. The minimum Gasteiger partial charge on any atom is -0.353 e. The van der Waals surface area contributed by atoms with Gasteiger partial charge in [-0.3, -0.25) is 14.4 Å². The number of nitrogens with zero attached hydrogens (tertiary/aromatic N) is 6. The van der Waals surface area contributed by atoms with E-state index in [0.29, 0.717) is 6.54 Å². The lowest BCUT2D eigenvalue weighted by Gasteiger charge is -2.35. The SMILES string of the molecule is Cn1ncc2c(N3CCN(CC(=O)Nc4cccc(Br)c4)CC3)ncnc21. The Bertz CT molecular complexity index is 965. The van der Waals surface area contributed by atoms with Crippen LogP contribution in [0.5, 0.6) is 0 Å². The quantitative estimate of drug-likeness (QED) is 0.681. The van der Waals surface area contributed by atoms with E-state index in [9.17, 15) is 4.79 Å². The molecule has 0 aliphatic carbocycles. The summed E-state index contributed by atoms with van der Waals surface area (Å²) >= 11 is 3.41. The lowest BCUT2D eigenvalue weighted by atomic mass is 10.2. The number of aromatic nitrogens is 4. The Morgan fingerprint density at radius 3 is 2.81 bits per heavy atom. The molecule has 1 aliphatic heterocycles. The van der Waals surface area contributed by atoms with Crippen molar-refractivity contribution in [2.24, 2.45) is 7.05 Å². The van der Waals surface area contributed by atoms with Crippen molar-refractivity contribution >= 4 is 44.4 Å². The predicted octanol–water partition coefficient (Wildman–Crippen LogP) is 1.89. The van der Waals surface area contributed by atoms with Gasteiger partial charge in [0, 0.05) is 43.4 Å². The van der Waals surface area contributed by atoms with Gasteiger partial charge < -0.3 is 10.2 Å². The Balaban J connectivity index is 1.35. The van der Waals surface area contributed by atoms with Crippen molar-refractivity contribution in [3.63, 3.8) is 0 Å². The minimum absolute atomic E-state index is 0.00163. The molecule has 1 fully saturated rings. The molecule has 27 heavy (non-hydrogen) atoms. The predicted molar refractivity (Wildman–Crippen MR) is 108 cm³/mol. The number of halogens is 1. The van der Waals surface area contributed by atoms with Crippen LogP contribution in [0.25, 0.3) is 11.0 Å². The van der Waals surface area contributed by atoms with E-state index in [1.165, 1.54) is 0 Å². The van der Waals surface area contributed by atoms with E-state index in [-0.39, 0.29) is 5.91 Å². The van der Waals surface area contributed by atoms with Crippen molar-refractivity contribution in [1.82, 2.24) is 24.6 Å². The number of fused-ring (bicyclic) bond motifs is 1. The number of piperazine rings is 1. The molecule has 9 heteroatoms. The topological polar surface area (TPSA) is 79.2 Å². The number of carbonyl (C=O) groups excluding carboxylic acids is 1. The zero-order chi connectivity index (χ0) is 18.8.